The molecule has 2 aromatic rings. The van der Waals surface area contributed by atoms with Crippen molar-refractivity contribution in [3.05, 3.63) is 53.1 Å². The molecule has 4 rings (SSSR count). The zero-order valence-electron chi connectivity index (χ0n) is 23.0. The van der Waals surface area contributed by atoms with Crippen molar-refractivity contribution >= 4 is 17.7 Å². The van der Waals surface area contributed by atoms with Gasteiger partial charge in [-0.15, -0.1) is 5.06 Å². The fourth-order valence-corrected chi connectivity index (χ4v) is 5.88. The average Bonchev–Trinajstić information content (AvgIpc) is 3.28. The number of benzene rings is 2. The van der Waals surface area contributed by atoms with E-state index in [9.17, 15) is 44.7 Å². The standard InChI is InChI=1S/C27H27F8N3O5/c1-37-11-10-25(14-4-7-18(41-2)19(12-14)42-3)9-8-15(13-20(25)37)36-24(40)38(43-23(39)27(33,34)35)17-6-5-16(26(30,31)32)21(28)22(17)29/h4-7,12,15,20H,8-11,13H2,1-3H3,(H,36,40)/t15-,20+,25+/m1/s1. The molecular formula is C27H27F8N3O5. The topological polar surface area (TPSA) is 80.3 Å². The number of urea groups is 1. The van der Waals surface area contributed by atoms with Crippen molar-refractivity contribution in [2.75, 3.05) is 32.9 Å². The van der Waals surface area contributed by atoms with Gasteiger partial charge in [0.2, 0.25) is 0 Å². The molecule has 0 bridgehead atoms. The summed E-state index contributed by atoms with van der Waals surface area (Å²) >= 11 is 0. The quantitative estimate of drug-likeness (QED) is 0.338. The molecule has 1 aliphatic heterocycles. The van der Waals surface area contributed by atoms with Crippen molar-refractivity contribution < 1.29 is 59.0 Å². The molecule has 2 fully saturated rings. The Labute approximate surface area is 240 Å². The maximum Gasteiger partial charge on any atom is 0.493 e. The summed E-state index contributed by atoms with van der Waals surface area (Å²) in [4.78, 5) is 30.8. The van der Waals surface area contributed by atoms with Gasteiger partial charge in [0.15, 0.2) is 23.1 Å². The van der Waals surface area contributed by atoms with Crippen LogP contribution in [0.2, 0.25) is 0 Å². The van der Waals surface area contributed by atoms with Crippen molar-refractivity contribution in [3.8, 4) is 11.5 Å². The third kappa shape index (κ3) is 6.15. The Morgan fingerprint density at radius 3 is 2.26 bits per heavy atom. The minimum atomic E-state index is -5.67. The summed E-state index contributed by atoms with van der Waals surface area (Å²) < 4.78 is 118. The largest absolute Gasteiger partial charge is 0.493 e. The number of nitrogens with one attached hydrogen (secondary N) is 1. The molecule has 2 aromatic carbocycles. The highest BCUT2D eigenvalue weighted by Gasteiger charge is 2.51. The van der Waals surface area contributed by atoms with Crippen LogP contribution in [0.3, 0.4) is 0 Å². The third-order valence-corrected chi connectivity index (χ3v) is 7.99. The number of carbonyl (C=O) groups excluding carboxylic acids is 2. The molecule has 1 N–H and O–H groups in total. The van der Waals surface area contributed by atoms with Crippen LogP contribution in [0.4, 0.5) is 45.6 Å². The number of likely N-dealkylation sites (N-methyl/N-ethyl adjacent to an activating group) is 1. The van der Waals surface area contributed by atoms with E-state index in [-0.39, 0.29) is 31.0 Å². The smallest absolute Gasteiger partial charge is 0.493 e. The summed E-state index contributed by atoms with van der Waals surface area (Å²) in [6.07, 6.45) is -9.29. The lowest BCUT2D eigenvalue weighted by Gasteiger charge is -2.45. The number of carbonyl (C=O) groups is 2. The fourth-order valence-electron chi connectivity index (χ4n) is 5.88. The zero-order valence-corrected chi connectivity index (χ0v) is 23.0. The minimum absolute atomic E-state index is 0.0149. The molecule has 16 heteroatoms. The molecule has 3 atom stereocenters. The second-order valence-corrected chi connectivity index (χ2v) is 10.3. The number of ether oxygens (including phenoxy) is 2. The molecule has 43 heavy (non-hydrogen) atoms. The number of anilines is 1. The van der Waals surface area contributed by atoms with Crippen molar-refractivity contribution in [1.29, 1.82) is 0 Å². The maximum absolute atomic E-state index is 14.7. The molecule has 236 valence electrons. The Balaban J connectivity index is 1.61. The molecule has 0 aromatic heterocycles. The van der Waals surface area contributed by atoms with Crippen LogP contribution < -0.4 is 19.9 Å². The predicted octanol–water partition coefficient (Wildman–Crippen LogP) is 5.73. The molecule has 2 aliphatic rings. The average molecular weight is 626 g/mol. The van der Waals surface area contributed by atoms with Gasteiger partial charge in [0.1, 0.15) is 5.69 Å². The molecule has 1 saturated heterocycles. The van der Waals surface area contributed by atoms with Gasteiger partial charge in [-0.3, -0.25) is 0 Å². The molecule has 2 amide bonds. The van der Waals surface area contributed by atoms with Crippen LogP contribution in [0.5, 0.6) is 11.5 Å². The number of amides is 2. The Morgan fingerprint density at radius 2 is 1.65 bits per heavy atom. The van der Waals surface area contributed by atoms with Gasteiger partial charge in [-0.1, -0.05) is 6.07 Å². The first-order valence-electron chi connectivity index (χ1n) is 12.9. The van der Waals surface area contributed by atoms with E-state index >= 15 is 0 Å². The van der Waals surface area contributed by atoms with Crippen LogP contribution in [0, 0.1) is 11.6 Å². The lowest BCUT2D eigenvalue weighted by Crippen LogP contribution is -2.54. The first-order valence-corrected chi connectivity index (χ1v) is 12.9. The van der Waals surface area contributed by atoms with Crippen molar-refractivity contribution in [1.82, 2.24) is 10.2 Å². The van der Waals surface area contributed by atoms with E-state index in [1.54, 1.807) is 6.07 Å². The summed E-state index contributed by atoms with van der Waals surface area (Å²) in [5.74, 6) is -6.78. The highest BCUT2D eigenvalue weighted by molar-refractivity contribution is 5.93. The molecule has 0 spiro atoms. The maximum atomic E-state index is 14.7. The van der Waals surface area contributed by atoms with Crippen LogP contribution in [0.25, 0.3) is 0 Å². The fraction of sp³-hybridized carbons (Fsp3) is 0.481. The van der Waals surface area contributed by atoms with Crippen LogP contribution in [0.1, 0.15) is 36.8 Å². The first-order chi connectivity index (χ1) is 20.0. The number of methoxy groups -OCH3 is 2. The van der Waals surface area contributed by atoms with Gasteiger partial charge in [-0.2, -0.15) is 26.3 Å². The number of hydrogen-bond acceptors (Lipinski definition) is 6. The van der Waals surface area contributed by atoms with E-state index in [2.05, 4.69) is 10.2 Å². The lowest BCUT2D eigenvalue weighted by atomic mass is 9.65. The van der Waals surface area contributed by atoms with Gasteiger partial charge >= 0.3 is 24.4 Å². The molecule has 8 nitrogen and oxygen atoms in total. The Bertz CT molecular complexity index is 1390. The second-order valence-electron chi connectivity index (χ2n) is 10.3. The number of alkyl halides is 6. The van der Waals surface area contributed by atoms with E-state index in [1.807, 2.05) is 24.1 Å². The van der Waals surface area contributed by atoms with Crippen LogP contribution in [-0.4, -0.2) is 63.0 Å². The summed E-state index contributed by atoms with van der Waals surface area (Å²) in [5.41, 5.74) is -3.00. The minimum Gasteiger partial charge on any atom is -0.493 e. The Kier molecular flexibility index (Phi) is 8.73. The van der Waals surface area contributed by atoms with Crippen molar-refractivity contribution in [3.63, 3.8) is 0 Å². The number of likely N-dealkylation sites (tertiary alicyclic amines) is 1. The number of halogens is 8. The van der Waals surface area contributed by atoms with Gasteiger partial charge in [0.25, 0.3) is 0 Å². The summed E-state index contributed by atoms with van der Waals surface area (Å²) in [6, 6.07) is 3.16. The summed E-state index contributed by atoms with van der Waals surface area (Å²) in [7, 11) is 4.85. The van der Waals surface area contributed by atoms with Crippen LogP contribution in [-0.2, 0) is 21.2 Å². The van der Waals surface area contributed by atoms with E-state index in [0.29, 0.717) is 24.5 Å². The van der Waals surface area contributed by atoms with E-state index < -0.39 is 63.8 Å². The van der Waals surface area contributed by atoms with E-state index in [1.165, 1.54) is 14.2 Å². The Hall–Kier alpha value is -3.82. The zero-order chi connectivity index (χ0) is 31.9. The van der Waals surface area contributed by atoms with Crippen LogP contribution >= 0.6 is 0 Å². The van der Waals surface area contributed by atoms with E-state index in [0.717, 1.165) is 12.0 Å². The van der Waals surface area contributed by atoms with Crippen molar-refractivity contribution in [2.45, 2.75) is 55.5 Å². The molecule has 0 radical (unpaired) electrons. The molecule has 1 heterocycles. The summed E-state index contributed by atoms with van der Waals surface area (Å²) in [5, 5.41) is 1.84. The monoisotopic (exact) mass is 625 g/mol. The highest BCUT2D eigenvalue weighted by Crippen LogP contribution is 2.50. The SMILES string of the molecule is COc1ccc([C@@]23CC[C@@H](NC(=O)N(OC(=O)C(F)(F)F)c4ccc(C(F)(F)F)c(F)c4F)C[C@@H]2N(C)CC3)cc1OC. The normalized spacial score (nSPS) is 22.5. The van der Waals surface area contributed by atoms with Gasteiger partial charge in [0.05, 0.1) is 19.8 Å². The molecular weight excluding hydrogens is 598 g/mol. The number of hydroxylamine groups is 1. The Morgan fingerprint density at radius 1 is 0.977 bits per heavy atom. The number of hydrogen-bond donors (Lipinski definition) is 1. The molecule has 1 aliphatic carbocycles. The van der Waals surface area contributed by atoms with Gasteiger partial charge in [-0.05, 0) is 69.1 Å². The van der Waals surface area contributed by atoms with E-state index in [4.69, 9.17) is 9.47 Å². The molecule has 1 saturated carbocycles. The number of fused-ring (bicyclic) bond motifs is 1. The number of nitrogens with zero attached hydrogens (tertiary/aromatic N) is 2. The third-order valence-electron chi connectivity index (χ3n) is 7.99. The second kappa shape index (κ2) is 11.7. The van der Waals surface area contributed by atoms with Gasteiger partial charge in [-0.25, -0.2) is 18.4 Å². The first kappa shape index (κ1) is 32.1. The van der Waals surface area contributed by atoms with Crippen molar-refractivity contribution in [2.24, 2.45) is 0 Å². The van der Waals surface area contributed by atoms with Gasteiger partial charge < -0.3 is 24.5 Å². The predicted molar refractivity (Wildman–Crippen MR) is 134 cm³/mol. The summed E-state index contributed by atoms with van der Waals surface area (Å²) in [6.45, 7) is 0.672. The highest BCUT2D eigenvalue weighted by atomic mass is 19.4. The lowest BCUT2D eigenvalue weighted by molar-refractivity contribution is -0.199. The van der Waals surface area contributed by atoms with Crippen LogP contribution in [0.15, 0.2) is 30.3 Å². The number of rotatable bonds is 5. The molecule has 0 unspecified atom stereocenters. The van der Waals surface area contributed by atoms with Gasteiger partial charge in [0, 0.05) is 17.5 Å².